The highest BCUT2D eigenvalue weighted by Crippen LogP contribution is 2.23. The summed E-state index contributed by atoms with van der Waals surface area (Å²) in [6, 6.07) is 0. The van der Waals surface area contributed by atoms with Crippen LogP contribution >= 0.6 is 0 Å². The minimum absolute atomic E-state index is 0.296. The molecule has 0 N–H and O–H groups in total. The predicted molar refractivity (Wildman–Crippen MR) is 40.6 cm³/mol. The van der Waals surface area contributed by atoms with Gasteiger partial charge < -0.3 is 4.90 Å². The molecule has 2 nitrogen and oxygen atoms in total. The van der Waals surface area contributed by atoms with E-state index in [4.69, 9.17) is 0 Å². The largest absolute Gasteiger partial charge is 0.345 e. The summed E-state index contributed by atoms with van der Waals surface area (Å²) in [5.41, 5.74) is 0. The third-order valence-corrected chi connectivity index (χ3v) is 2.27. The third-order valence-electron chi connectivity index (χ3n) is 2.27. The highest BCUT2D eigenvalue weighted by atomic mass is 16.2. The normalized spacial score (nSPS) is 26.6. The minimum Gasteiger partial charge on any atom is -0.345 e. The van der Waals surface area contributed by atoms with E-state index in [2.05, 4.69) is 13.8 Å². The van der Waals surface area contributed by atoms with E-state index in [1.807, 2.05) is 11.9 Å². The van der Waals surface area contributed by atoms with Crippen LogP contribution in [-0.2, 0) is 4.79 Å². The number of nitrogens with zero attached hydrogens (tertiary/aromatic N) is 1. The van der Waals surface area contributed by atoms with E-state index in [-0.39, 0.29) is 0 Å². The molecule has 1 heterocycles. The lowest BCUT2D eigenvalue weighted by Crippen LogP contribution is -2.24. The van der Waals surface area contributed by atoms with E-state index in [0.29, 0.717) is 17.7 Å². The van der Waals surface area contributed by atoms with E-state index in [1.165, 1.54) is 0 Å². The summed E-state index contributed by atoms with van der Waals surface area (Å²) in [7, 11) is 1.88. The molecule has 10 heavy (non-hydrogen) atoms. The molecule has 0 aromatic rings. The number of amides is 1. The lowest BCUT2D eigenvalue weighted by molar-refractivity contribution is -0.130. The van der Waals surface area contributed by atoms with Gasteiger partial charge in [0.1, 0.15) is 0 Å². The fourth-order valence-electron chi connectivity index (χ4n) is 1.47. The second-order valence-corrected chi connectivity index (χ2v) is 3.40. The number of rotatable bonds is 1. The van der Waals surface area contributed by atoms with Gasteiger partial charge >= 0.3 is 0 Å². The van der Waals surface area contributed by atoms with Crippen molar-refractivity contribution in [3.05, 3.63) is 0 Å². The van der Waals surface area contributed by atoms with Crippen LogP contribution in [0.15, 0.2) is 0 Å². The Kier molecular flexibility index (Phi) is 1.97. The first-order chi connectivity index (χ1) is 4.63. The van der Waals surface area contributed by atoms with E-state index < -0.39 is 0 Å². The van der Waals surface area contributed by atoms with Crippen molar-refractivity contribution in [1.29, 1.82) is 0 Å². The number of hydrogen-bond donors (Lipinski definition) is 0. The molecule has 0 radical (unpaired) electrons. The first-order valence-corrected chi connectivity index (χ1v) is 3.88. The zero-order valence-electron chi connectivity index (χ0n) is 6.92. The van der Waals surface area contributed by atoms with Gasteiger partial charge in [-0.2, -0.15) is 0 Å². The van der Waals surface area contributed by atoms with Crippen molar-refractivity contribution in [2.45, 2.75) is 20.3 Å². The van der Waals surface area contributed by atoms with Gasteiger partial charge in [-0.25, -0.2) is 0 Å². The lowest BCUT2D eigenvalue weighted by atomic mass is 9.95. The zero-order chi connectivity index (χ0) is 7.72. The van der Waals surface area contributed by atoms with Crippen LogP contribution in [0.25, 0.3) is 0 Å². The van der Waals surface area contributed by atoms with Gasteiger partial charge in [-0.3, -0.25) is 4.79 Å². The Bertz CT molecular complexity index is 142. The van der Waals surface area contributed by atoms with E-state index >= 15 is 0 Å². The molecule has 1 aliphatic rings. The molecule has 0 saturated carbocycles. The summed E-state index contributed by atoms with van der Waals surface area (Å²) in [5.74, 6) is 1.14. The number of carbonyl (C=O) groups is 1. The average Bonchev–Trinajstić information content (AvgIpc) is 2.14. The lowest BCUT2D eigenvalue weighted by Gasteiger charge is -2.12. The Balaban J connectivity index is 2.57. The standard InChI is InChI=1S/C8H15NO/c1-6(2)7-4-5-9(3)8(7)10/h6-7H,4-5H2,1-3H3. The molecule has 0 spiro atoms. The maximum absolute atomic E-state index is 11.3. The van der Waals surface area contributed by atoms with Gasteiger partial charge in [0.15, 0.2) is 0 Å². The van der Waals surface area contributed by atoms with Gasteiger partial charge in [-0.15, -0.1) is 0 Å². The summed E-state index contributed by atoms with van der Waals surface area (Å²) < 4.78 is 0. The van der Waals surface area contributed by atoms with Gasteiger partial charge in [0.05, 0.1) is 0 Å². The Morgan fingerprint density at radius 2 is 2.20 bits per heavy atom. The van der Waals surface area contributed by atoms with Crippen molar-refractivity contribution < 1.29 is 4.79 Å². The third kappa shape index (κ3) is 1.15. The van der Waals surface area contributed by atoms with Crippen LogP contribution in [0, 0.1) is 11.8 Å². The smallest absolute Gasteiger partial charge is 0.225 e. The van der Waals surface area contributed by atoms with Gasteiger partial charge in [-0.1, -0.05) is 13.8 Å². The van der Waals surface area contributed by atoms with E-state index in [9.17, 15) is 4.79 Å². The Morgan fingerprint density at radius 1 is 1.60 bits per heavy atom. The van der Waals surface area contributed by atoms with Gasteiger partial charge in [0, 0.05) is 19.5 Å². The number of likely N-dealkylation sites (tertiary alicyclic amines) is 1. The van der Waals surface area contributed by atoms with Gasteiger partial charge in [-0.05, 0) is 12.3 Å². The topological polar surface area (TPSA) is 20.3 Å². The summed E-state index contributed by atoms with van der Waals surface area (Å²) in [4.78, 5) is 13.1. The van der Waals surface area contributed by atoms with Crippen molar-refractivity contribution in [2.75, 3.05) is 13.6 Å². The predicted octanol–water partition coefficient (Wildman–Crippen LogP) is 1.12. The quantitative estimate of drug-likeness (QED) is 0.536. The fraction of sp³-hybridized carbons (Fsp3) is 0.875. The molecule has 1 atom stereocenters. The first kappa shape index (κ1) is 7.58. The van der Waals surface area contributed by atoms with Crippen LogP contribution in [0.4, 0.5) is 0 Å². The van der Waals surface area contributed by atoms with Crippen LogP contribution in [-0.4, -0.2) is 24.4 Å². The molecule has 0 aliphatic carbocycles. The molecule has 0 bridgehead atoms. The van der Waals surface area contributed by atoms with Crippen LogP contribution in [0.1, 0.15) is 20.3 Å². The summed E-state index contributed by atoms with van der Waals surface area (Å²) in [6.45, 7) is 5.17. The van der Waals surface area contributed by atoms with Crippen molar-refractivity contribution in [1.82, 2.24) is 4.90 Å². The van der Waals surface area contributed by atoms with Crippen LogP contribution in [0.2, 0.25) is 0 Å². The molecule has 1 rings (SSSR count). The number of carbonyl (C=O) groups excluding carboxylic acids is 1. The molecule has 1 amide bonds. The molecule has 1 unspecified atom stereocenters. The molecule has 0 aromatic carbocycles. The van der Waals surface area contributed by atoms with E-state index in [1.54, 1.807) is 0 Å². The summed E-state index contributed by atoms with van der Waals surface area (Å²) in [5, 5.41) is 0. The summed E-state index contributed by atoms with van der Waals surface area (Å²) in [6.07, 6.45) is 1.05. The zero-order valence-corrected chi connectivity index (χ0v) is 6.92. The number of hydrogen-bond acceptors (Lipinski definition) is 1. The Hall–Kier alpha value is -0.530. The molecule has 1 aliphatic heterocycles. The van der Waals surface area contributed by atoms with Crippen molar-refractivity contribution >= 4 is 5.91 Å². The fourth-order valence-corrected chi connectivity index (χ4v) is 1.47. The minimum atomic E-state index is 0.296. The Labute approximate surface area is 62.2 Å². The molecular formula is C8H15NO. The van der Waals surface area contributed by atoms with Crippen molar-refractivity contribution in [3.8, 4) is 0 Å². The molecule has 0 aromatic heterocycles. The maximum Gasteiger partial charge on any atom is 0.225 e. The van der Waals surface area contributed by atoms with E-state index in [0.717, 1.165) is 13.0 Å². The molecular weight excluding hydrogens is 126 g/mol. The van der Waals surface area contributed by atoms with Crippen LogP contribution in [0.5, 0.6) is 0 Å². The van der Waals surface area contributed by atoms with Gasteiger partial charge in [0.25, 0.3) is 0 Å². The van der Waals surface area contributed by atoms with Gasteiger partial charge in [0.2, 0.25) is 5.91 Å². The summed E-state index contributed by atoms with van der Waals surface area (Å²) >= 11 is 0. The maximum atomic E-state index is 11.3. The van der Waals surface area contributed by atoms with Crippen LogP contribution < -0.4 is 0 Å². The molecule has 1 fully saturated rings. The monoisotopic (exact) mass is 141 g/mol. The molecule has 2 heteroatoms. The Morgan fingerprint density at radius 3 is 2.40 bits per heavy atom. The second-order valence-electron chi connectivity index (χ2n) is 3.40. The first-order valence-electron chi connectivity index (χ1n) is 3.88. The highest BCUT2D eigenvalue weighted by molar-refractivity contribution is 5.80. The average molecular weight is 141 g/mol. The van der Waals surface area contributed by atoms with Crippen molar-refractivity contribution in [3.63, 3.8) is 0 Å². The van der Waals surface area contributed by atoms with Crippen molar-refractivity contribution in [2.24, 2.45) is 11.8 Å². The SMILES string of the molecule is CC(C)C1CCN(C)C1=O. The molecule has 58 valence electrons. The molecule has 1 saturated heterocycles. The highest BCUT2D eigenvalue weighted by Gasteiger charge is 2.30. The second kappa shape index (κ2) is 2.60. The van der Waals surface area contributed by atoms with Crippen LogP contribution in [0.3, 0.4) is 0 Å².